The molecule has 3 nitrogen and oxygen atoms in total. The SMILES string of the molecule is NCc1ccnc(-c2cccc3ccccc23)n1. The van der Waals surface area contributed by atoms with Gasteiger partial charge in [0.05, 0.1) is 5.69 Å². The van der Waals surface area contributed by atoms with E-state index in [0.29, 0.717) is 6.54 Å². The van der Waals surface area contributed by atoms with E-state index in [0.717, 1.165) is 22.5 Å². The van der Waals surface area contributed by atoms with Crippen LogP contribution in [0, 0.1) is 0 Å². The van der Waals surface area contributed by atoms with Crippen LogP contribution in [0.1, 0.15) is 5.69 Å². The lowest BCUT2D eigenvalue weighted by Gasteiger charge is -2.06. The molecule has 0 aliphatic carbocycles. The van der Waals surface area contributed by atoms with Crippen LogP contribution in [0.25, 0.3) is 22.2 Å². The summed E-state index contributed by atoms with van der Waals surface area (Å²) in [6, 6.07) is 16.2. The standard InChI is InChI=1S/C15H13N3/c16-10-12-8-9-17-15(18-12)14-7-3-5-11-4-1-2-6-13(11)14/h1-9H,10,16H2. The monoisotopic (exact) mass is 235 g/mol. The lowest BCUT2D eigenvalue weighted by atomic mass is 10.0. The van der Waals surface area contributed by atoms with Crippen molar-refractivity contribution in [3.8, 4) is 11.4 Å². The van der Waals surface area contributed by atoms with Crippen LogP contribution in [-0.4, -0.2) is 9.97 Å². The molecule has 88 valence electrons. The quantitative estimate of drug-likeness (QED) is 0.743. The van der Waals surface area contributed by atoms with Crippen LogP contribution in [0.4, 0.5) is 0 Å². The minimum absolute atomic E-state index is 0.431. The molecular weight excluding hydrogens is 222 g/mol. The average molecular weight is 235 g/mol. The molecule has 0 atom stereocenters. The van der Waals surface area contributed by atoms with Gasteiger partial charge in [0.25, 0.3) is 0 Å². The zero-order chi connectivity index (χ0) is 12.4. The number of hydrogen-bond acceptors (Lipinski definition) is 3. The summed E-state index contributed by atoms with van der Waals surface area (Å²) < 4.78 is 0. The molecule has 0 amide bonds. The first-order valence-electron chi connectivity index (χ1n) is 5.88. The van der Waals surface area contributed by atoms with E-state index >= 15 is 0 Å². The number of fused-ring (bicyclic) bond motifs is 1. The first kappa shape index (κ1) is 10.9. The minimum Gasteiger partial charge on any atom is -0.325 e. The van der Waals surface area contributed by atoms with E-state index < -0.39 is 0 Å². The van der Waals surface area contributed by atoms with E-state index in [1.165, 1.54) is 5.39 Å². The maximum Gasteiger partial charge on any atom is 0.160 e. The van der Waals surface area contributed by atoms with Crippen LogP contribution in [-0.2, 0) is 6.54 Å². The molecule has 2 N–H and O–H groups in total. The second-order valence-corrected chi connectivity index (χ2v) is 4.10. The third kappa shape index (κ3) is 1.85. The van der Waals surface area contributed by atoms with Crippen LogP contribution >= 0.6 is 0 Å². The molecule has 0 aliphatic heterocycles. The van der Waals surface area contributed by atoms with Gasteiger partial charge in [0.2, 0.25) is 0 Å². The Labute approximate surface area is 105 Å². The molecule has 3 heteroatoms. The summed E-state index contributed by atoms with van der Waals surface area (Å²) in [6.07, 6.45) is 1.76. The van der Waals surface area contributed by atoms with Gasteiger partial charge in [-0.3, -0.25) is 0 Å². The highest BCUT2D eigenvalue weighted by Gasteiger charge is 2.06. The largest absolute Gasteiger partial charge is 0.325 e. The van der Waals surface area contributed by atoms with E-state index in [1.807, 2.05) is 30.3 Å². The second kappa shape index (κ2) is 4.55. The summed E-state index contributed by atoms with van der Waals surface area (Å²) >= 11 is 0. The predicted octanol–water partition coefficient (Wildman–Crippen LogP) is 2.76. The minimum atomic E-state index is 0.431. The maximum absolute atomic E-state index is 5.62. The van der Waals surface area contributed by atoms with Gasteiger partial charge >= 0.3 is 0 Å². The van der Waals surface area contributed by atoms with Crippen LogP contribution in [0.3, 0.4) is 0 Å². The van der Waals surface area contributed by atoms with Crippen molar-refractivity contribution in [1.82, 2.24) is 9.97 Å². The normalized spacial score (nSPS) is 10.7. The Morgan fingerprint density at radius 1 is 0.944 bits per heavy atom. The highest BCUT2D eigenvalue weighted by Crippen LogP contribution is 2.25. The molecule has 0 spiro atoms. The molecule has 1 heterocycles. The van der Waals surface area contributed by atoms with Gasteiger partial charge in [-0.05, 0) is 16.8 Å². The Bertz CT molecular complexity index is 687. The number of hydrogen-bond donors (Lipinski definition) is 1. The number of nitrogens with zero attached hydrogens (tertiary/aromatic N) is 2. The molecule has 0 bridgehead atoms. The zero-order valence-corrected chi connectivity index (χ0v) is 9.88. The summed E-state index contributed by atoms with van der Waals surface area (Å²) in [7, 11) is 0. The number of nitrogens with two attached hydrogens (primary N) is 1. The smallest absolute Gasteiger partial charge is 0.160 e. The second-order valence-electron chi connectivity index (χ2n) is 4.10. The zero-order valence-electron chi connectivity index (χ0n) is 9.88. The fourth-order valence-corrected chi connectivity index (χ4v) is 2.06. The van der Waals surface area contributed by atoms with E-state index in [9.17, 15) is 0 Å². The molecule has 1 aromatic heterocycles. The van der Waals surface area contributed by atoms with Crippen molar-refractivity contribution in [3.05, 3.63) is 60.4 Å². The molecule has 0 radical (unpaired) electrons. The Hall–Kier alpha value is -2.26. The van der Waals surface area contributed by atoms with E-state index in [-0.39, 0.29) is 0 Å². The van der Waals surface area contributed by atoms with E-state index in [4.69, 9.17) is 5.73 Å². The Morgan fingerprint density at radius 2 is 1.78 bits per heavy atom. The number of rotatable bonds is 2. The van der Waals surface area contributed by atoms with Crippen molar-refractivity contribution in [2.24, 2.45) is 5.73 Å². The lowest BCUT2D eigenvalue weighted by Crippen LogP contribution is -2.01. The molecule has 0 unspecified atom stereocenters. The Morgan fingerprint density at radius 3 is 2.67 bits per heavy atom. The molecule has 0 saturated carbocycles. The fourth-order valence-electron chi connectivity index (χ4n) is 2.06. The summed E-state index contributed by atoms with van der Waals surface area (Å²) in [4.78, 5) is 8.82. The highest BCUT2D eigenvalue weighted by molar-refractivity contribution is 5.94. The molecule has 3 rings (SSSR count). The van der Waals surface area contributed by atoms with Crippen LogP contribution in [0.2, 0.25) is 0 Å². The molecule has 18 heavy (non-hydrogen) atoms. The fraction of sp³-hybridized carbons (Fsp3) is 0.0667. The first-order valence-corrected chi connectivity index (χ1v) is 5.88. The van der Waals surface area contributed by atoms with Gasteiger partial charge in [0, 0.05) is 18.3 Å². The summed E-state index contributed by atoms with van der Waals surface area (Å²) in [5.74, 6) is 0.731. The average Bonchev–Trinajstić information content (AvgIpc) is 2.47. The van der Waals surface area contributed by atoms with Gasteiger partial charge in [-0.25, -0.2) is 9.97 Å². The van der Waals surface area contributed by atoms with Gasteiger partial charge in [0.15, 0.2) is 5.82 Å². The topological polar surface area (TPSA) is 51.8 Å². The molecule has 0 aliphatic rings. The molecule has 0 saturated heterocycles. The number of benzene rings is 2. The van der Waals surface area contributed by atoms with Gasteiger partial charge in [0.1, 0.15) is 0 Å². The Balaban J connectivity index is 2.24. The highest BCUT2D eigenvalue weighted by atomic mass is 14.9. The number of aromatic nitrogens is 2. The van der Waals surface area contributed by atoms with Crippen LogP contribution in [0.15, 0.2) is 54.7 Å². The third-order valence-corrected chi connectivity index (χ3v) is 2.95. The molecule has 2 aromatic carbocycles. The molecular formula is C15H13N3. The molecule has 0 fully saturated rings. The van der Waals surface area contributed by atoms with Gasteiger partial charge in [-0.2, -0.15) is 0 Å². The van der Waals surface area contributed by atoms with Crippen molar-refractivity contribution in [2.45, 2.75) is 6.54 Å². The summed E-state index contributed by atoms with van der Waals surface area (Å²) in [5, 5.41) is 2.35. The first-order chi connectivity index (χ1) is 8.88. The van der Waals surface area contributed by atoms with Crippen LogP contribution < -0.4 is 5.73 Å². The van der Waals surface area contributed by atoms with Gasteiger partial charge < -0.3 is 5.73 Å². The van der Waals surface area contributed by atoms with E-state index in [2.05, 4.69) is 28.2 Å². The maximum atomic E-state index is 5.62. The van der Waals surface area contributed by atoms with E-state index in [1.54, 1.807) is 6.20 Å². The van der Waals surface area contributed by atoms with Crippen molar-refractivity contribution in [2.75, 3.05) is 0 Å². The summed E-state index contributed by atoms with van der Waals surface area (Å²) in [5.41, 5.74) is 7.52. The summed E-state index contributed by atoms with van der Waals surface area (Å²) in [6.45, 7) is 0.431. The van der Waals surface area contributed by atoms with Crippen molar-refractivity contribution in [1.29, 1.82) is 0 Å². The van der Waals surface area contributed by atoms with Crippen molar-refractivity contribution < 1.29 is 0 Å². The van der Waals surface area contributed by atoms with Gasteiger partial charge in [-0.15, -0.1) is 0 Å². The van der Waals surface area contributed by atoms with Crippen molar-refractivity contribution >= 4 is 10.8 Å². The lowest BCUT2D eigenvalue weighted by molar-refractivity contribution is 0.970. The van der Waals surface area contributed by atoms with Gasteiger partial charge in [-0.1, -0.05) is 42.5 Å². The molecule has 3 aromatic rings. The Kier molecular flexibility index (Phi) is 2.74. The third-order valence-electron chi connectivity index (χ3n) is 2.95. The van der Waals surface area contributed by atoms with Crippen LogP contribution in [0.5, 0.6) is 0 Å². The predicted molar refractivity (Wildman–Crippen MR) is 72.9 cm³/mol. The van der Waals surface area contributed by atoms with Crippen molar-refractivity contribution in [3.63, 3.8) is 0 Å².